The molecule has 164 valence electrons. The summed E-state index contributed by atoms with van der Waals surface area (Å²) in [6.45, 7) is 8.54. The largest absolute Gasteiger partial charge is 0.390 e. The van der Waals surface area contributed by atoms with Gasteiger partial charge in [0.2, 0.25) is 0 Å². The predicted molar refractivity (Wildman–Crippen MR) is 113 cm³/mol. The molecule has 5 aliphatic rings. The van der Waals surface area contributed by atoms with Crippen LogP contribution in [0.3, 0.4) is 0 Å². The van der Waals surface area contributed by atoms with E-state index >= 15 is 0 Å². The number of ketones is 1. The zero-order chi connectivity index (χ0) is 20.2. The number of Topliss-reactive ketones (excluding diaryl/α,β-unsaturated/α-hetero) is 1. The number of morpholine rings is 1. The molecule has 4 nitrogen and oxygen atoms in total. The van der Waals surface area contributed by atoms with Crippen molar-refractivity contribution in [3.05, 3.63) is 0 Å². The molecule has 0 aromatic rings. The Morgan fingerprint density at radius 1 is 0.966 bits per heavy atom. The summed E-state index contributed by atoms with van der Waals surface area (Å²) in [5.41, 5.74) is -0.195. The van der Waals surface area contributed by atoms with E-state index in [1.54, 1.807) is 0 Å². The number of hydrogen-bond donors (Lipinski definition) is 1. The number of carbonyl (C=O) groups is 1. The zero-order valence-electron chi connectivity index (χ0n) is 18.6. The molecule has 4 saturated carbocycles. The van der Waals surface area contributed by atoms with Gasteiger partial charge in [0.15, 0.2) is 0 Å². The fourth-order valence-electron chi connectivity index (χ4n) is 8.70. The van der Waals surface area contributed by atoms with Crippen LogP contribution in [-0.2, 0) is 9.53 Å². The molecule has 0 amide bonds. The maximum absolute atomic E-state index is 13.3. The molecular weight excluding hydrogens is 362 g/mol. The van der Waals surface area contributed by atoms with Gasteiger partial charge in [-0.25, -0.2) is 0 Å². The van der Waals surface area contributed by atoms with Gasteiger partial charge in [-0.3, -0.25) is 9.69 Å². The van der Waals surface area contributed by atoms with Crippen molar-refractivity contribution in [2.75, 3.05) is 32.8 Å². The van der Waals surface area contributed by atoms with Crippen LogP contribution in [-0.4, -0.2) is 54.2 Å². The van der Waals surface area contributed by atoms with Crippen LogP contribution in [0.2, 0.25) is 0 Å². The van der Waals surface area contributed by atoms with Gasteiger partial charge >= 0.3 is 0 Å². The molecule has 8 atom stereocenters. The standard InChI is InChI=1S/C25H41NO3/c1-24(28)9-7-18-17(15-24)3-4-20-19(18)8-10-25(2)21(20)5-6-22(25)23(27)16-26-11-13-29-14-12-26/h17-22,28H,3-16H2,1-2H3/t17-,18-,19+,20+,21-,22+,24+,25-/m0/s1. The van der Waals surface area contributed by atoms with Gasteiger partial charge in [-0.15, -0.1) is 0 Å². The number of fused-ring (bicyclic) bond motifs is 5. The Balaban J connectivity index is 1.28. The van der Waals surface area contributed by atoms with E-state index < -0.39 is 5.60 Å². The molecule has 1 heterocycles. The highest BCUT2D eigenvalue weighted by Crippen LogP contribution is 2.64. The minimum atomic E-state index is -0.429. The van der Waals surface area contributed by atoms with Crippen LogP contribution >= 0.6 is 0 Å². The second-order valence-electron chi connectivity index (χ2n) is 11.7. The molecule has 1 N–H and O–H groups in total. The van der Waals surface area contributed by atoms with Crippen LogP contribution in [0.1, 0.15) is 71.6 Å². The lowest BCUT2D eigenvalue weighted by atomic mass is 9.49. The Labute approximate surface area is 176 Å². The number of hydrogen-bond acceptors (Lipinski definition) is 4. The van der Waals surface area contributed by atoms with Gasteiger partial charge in [-0.2, -0.15) is 0 Å². The van der Waals surface area contributed by atoms with Crippen molar-refractivity contribution in [1.82, 2.24) is 4.90 Å². The maximum Gasteiger partial charge on any atom is 0.150 e. The number of ether oxygens (including phenoxy) is 1. The van der Waals surface area contributed by atoms with Gasteiger partial charge in [0.25, 0.3) is 0 Å². The average Bonchev–Trinajstić information content (AvgIpc) is 3.05. The van der Waals surface area contributed by atoms with Crippen molar-refractivity contribution in [1.29, 1.82) is 0 Å². The highest BCUT2D eigenvalue weighted by molar-refractivity contribution is 5.84. The van der Waals surface area contributed by atoms with Gasteiger partial charge in [0.05, 0.1) is 25.4 Å². The third-order valence-electron chi connectivity index (χ3n) is 10.1. The van der Waals surface area contributed by atoms with E-state index in [1.807, 2.05) is 0 Å². The predicted octanol–water partition coefficient (Wildman–Crippen LogP) is 3.91. The molecule has 0 spiro atoms. The molecule has 0 aromatic heterocycles. The summed E-state index contributed by atoms with van der Waals surface area (Å²) in [7, 11) is 0. The topological polar surface area (TPSA) is 49.8 Å². The van der Waals surface area contributed by atoms with Crippen molar-refractivity contribution in [2.24, 2.45) is 40.9 Å². The van der Waals surface area contributed by atoms with Crippen molar-refractivity contribution in [3.63, 3.8) is 0 Å². The average molecular weight is 404 g/mol. The molecule has 4 aliphatic carbocycles. The number of nitrogens with zero attached hydrogens (tertiary/aromatic N) is 1. The highest BCUT2D eigenvalue weighted by atomic mass is 16.5. The summed E-state index contributed by atoms with van der Waals surface area (Å²) in [4.78, 5) is 15.6. The van der Waals surface area contributed by atoms with E-state index in [1.165, 1.54) is 38.5 Å². The summed E-state index contributed by atoms with van der Waals surface area (Å²) >= 11 is 0. The van der Waals surface area contributed by atoms with Gasteiger partial charge in [0.1, 0.15) is 5.78 Å². The summed E-state index contributed by atoms with van der Waals surface area (Å²) in [6.07, 6.45) is 10.8. The van der Waals surface area contributed by atoms with Crippen LogP contribution in [0.5, 0.6) is 0 Å². The molecule has 4 heteroatoms. The lowest BCUT2D eigenvalue weighted by molar-refractivity contribution is -0.134. The Bertz CT molecular complexity index is 628. The monoisotopic (exact) mass is 403 g/mol. The van der Waals surface area contributed by atoms with Crippen molar-refractivity contribution >= 4 is 5.78 Å². The Kier molecular flexibility index (Phi) is 5.36. The normalized spacial score (nSPS) is 50.4. The Morgan fingerprint density at radius 2 is 1.72 bits per heavy atom. The van der Waals surface area contributed by atoms with E-state index in [9.17, 15) is 9.90 Å². The first-order chi connectivity index (χ1) is 13.9. The molecule has 0 radical (unpaired) electrons. The van der Waals surface area contributed by atoms with Gasteiger partial charge < -0.3 is 9.84 Å². The van der Waals surface area contributed by atoms with E-state index in [4.69, 9.17) is 4.74 Å². The number of rotatable bonds is 3. The van der Waals surface area contributed by atoms with E-state index in [0.717, 1.165) is 75.2 Å². The maximum atomic E-state index is 13.3. The molecule has 1 aliphatic heterocycles. The van der Waals surface area contributed by atoms with Crippen LogP contribution in [0.15, 0.2) is 0 Å². The van der Waals surface area contributed by atoms with Crippen molar-refractivity contribution < 1.29 is 14.6 Å². The van der Waals surface area contributed by atoms with Crippen LogP contribution in [0.25, 0.3) is 0 Å². The third-order valence-corrected chi connectivity index (χ3v) is 10.1. The smallest absolute Gasteiger partial charge is 0.150 e. The molecule has 0 unspecified atom stereocenters. The zero-order valence-corrected chi connectivity index (χ0v) is 18.6. The summed E-state index contributed by atoms with van der Waals surface area (Å²) < 4.78 is 5.46. The second kappa shape index (κ2) is 7.60. The highest BCUT2D eigenvalue weighted by Gasteiger charge is 2.58. The molecule has 0 aromatic carbocycles. The van der Waals surface area contributed by atoms with Crippen LogP contribution < -0.4 is 0 Å². The summed E-state index contributed by atoms with van der Waals surface area (Å²) in [6, 6.07) is 0. The molecule has 5 fully saturated rings. The SMILES string of the molecule is C[C@@]1(O)CC[C@H]2[C@@H](CC[C@@H]3[C@@H]2CC[C@]2(C)[C@@H](C(=O)CN4CCOCC4)CC[C@@H]32)C1. The van der Waals surface area contributed by atoms with E-state index in [-0.39, 0.29) is 11.3 Å². The van der Waals surface area contributed by atoms with Crippen molar-refractivity contribution in [3.8, 4) is 0 Å². The molecule has 5 rings (SSSR count). The van der Waals surface area contributed by atoms with Crippen molar-refractivity contribution in [2.45, 2.75) is 77.2 Å². The lowest BCUT2D eigenvalue weighted by Gasteiger charge is -2.57. The fraction of sp³-hybridized carbons (Fsp3) is 0.960. The minimum Gasteiger partial charge on any atom is -0.390 e. The van der Waals surface area contributed by atoms with Gasteiger partial charge in [-0.05, 0) is 99.7 Å². The van der Waals surface area contributed by atoms with Gasteiger partial charge in [-0.1, -0.05) is 6.92 Å². The van der Waals surface area contributed by atoms with Gasteiger partial charge in [0, 0.05) is 19.0 Å². The molecular formula is C25H41NO3. The first-order valence-corrected chi connectivity index (χ1v) is 12.4. The lowest BCUT2D eigenvalue weighted by Crippen LogP contribution is -2.51. The fourth-order valence-corrected chi connectivity index (χ4v) is 8.70. The number of carbonyl (C=O) groups excluding carboxylic acids is 1. The van der Waals surface area contributed by atoms with Crippen LogP contribution in [0.4, 0.5) is 0 Å². The quantitative estimate of drug-likeness (QED) is 0.776. The molecule has 1 saturated heterocycles. The summed E-state index contributed by atoms with van der Waals surface area (Å²) in [5, 5.41) is 10.6. The molecule has 29 heavy (non-hydrogen) atoms. The number of aliphatic hydroxyl groups is 1. The Morgan fingerprint density at radius 3 is 2.52 bits per heavy atom. The second-order valence-corrected chi connectivity index (χ2v) is 11.7. The minimum absolute atomic E-state index is 0.234. The van der Waals surface area contributed by atoms with Crippen LogP contribution in [0, 0.1) is 40.9 Å². The summed E-state index contributed by atoms with van der Waals surface area (Å²) in [5.74, 6) is 4.81. The first-order valence-electron chi connectivity index (χ1n) is 12.4. The third kappa shape index (κ3) is 3.61. The molecule has 0 bridgehead atoms. The first kappa shape index (κ1) is 20.5. The van der Waals surface area contributed by atoms with E-state index in [2.05, 4.69) is 18.7 Å². The Hall–Kier alpha value is -0.450. The van der Waals surface area contributed by atoms with E-state index in [0.29, 0.717) is 12.3 Å².